The first kappa shape index (κ1) is 15.0. The summed E-state index contributed by atoms with van der Waals surface area (Å²) >= 11 is 0. The summed E-state index contributed by atoms with van der Waals surface area (Å²) in [6.45, 7) is 0.210. The zero-order valence-electron chi connectivity index (χ0n) is 12.4. The molecule has 0 aromatic heterocycles. The Hall–Kier alpha value is -2.95. The molecule has 0 atom stereocenters. The van der Waals surface area contributed by atoms with Gasteiger partial charge in [-0.25, -0.2) is 0 Å². The molecule has 0 fully saturated rings. The second kappa shape index (κ2) is 6.44. The van der Waals surface area contributed by atoms with Gasteiger partial charge in [-0.05, 0) is 17.7 Å². The molecule has 2 aromatic rings. The molecule has 0 saturated carbocycles. The largest absolute Gasteiger partial charge is 0.461 e. The number of benzene rings is 2. The zero-order valence-corrected chi connectivity index (χ0v) is 12.4. The Kier molecular flexibility index (Phi) is 4.19. The van der Waals surface area contributed by atoms with Gasteiger partial charge in [-0.15, -0.1) is 0 Å². The lowest BCUT2D eigenvalue weighted by Gasteiger charge is -2.13. The van der Waals surface area contributed by atoms with Gasteiger partial charge in [0.25, 0.3) is 11.8 Å². The van der Waals surface area contributed by atoms with Crippen LogP contribution in [0.3, 0.4) is 0 Å². The summed E-state index contributed by atoms with van der Waals surface area (Å²) in [7, 11) is 0. The fraction of sp³-hybridized carbons (Fsp3) is 0.167. The van der Waals surface area contributed by atoms with Gasteiger partial charge in [0.15, 0.2) is 0 Å². The van der Waals surface area contributed by atoms with Crippen LogP contribution in [0.5, 0.6) is 0 Å². The predicted molar refractivity (Wildman–Crippen MR) is 82.7 cm³/mol. The second-order valence-electron chi connectivity index (χ2n) is 5.20. The minimum absolute atomic E-state index is 0.0156. The molecule has 0 aliphatic carbocycles. The van der Waals surface area contributed by atoms with E-state index < -0.39 is 5.97 Å². The van der Waals surface area contributed by atoms with Crippen LogP contribution in [0.2, 0.25) is 0 Å². The summed E-state index contributed by atoms with van der Waals surface area (Å²) in [6, 6.07) is 16.0. The number of carbonyl (C=O) groups is 3. The molecule has 3 rings (SSSR count). The molecule has 23 heavy (non-hydrogen) atoms. The first-order valence-electron chi connectivity index (χ1n) is 7.31. The Bertz CT molecular complexity index is 720. The summed E-state index contributed by atoms with van der Waals surface area (Å²) in [5.41, 5.74) is 1.66. The number of hydrogen-bond acceptors (Lipinski definition) is 4. The van der Waals surface area contributed by atoms with Crippen LogP contribution in [0.15, 0.2) is 54.6 Å². The van der Waals surface area contributed by atoms with Crippen molar-refractivity contribution >= 4 is 17.8 Å². The lowest BCUT2D eigenvalue weighted by Crippen LogP contribution is -2.32. The van der Waals surface area contributed by atoms with Gasteiger partial charge in [-0.1, -0.05) is 42.5 Å². The Morgan fingerprint density at radius 3 is 2.04 bits per heavy atom. The third-order valence-electron chi connectivity index (χ3n) is 3.66. The molecule has 1 aliphatic rings. The third kappa shape index (κ3) is 3.13. The van der Waals surface area contributed by atoms with Crippen molar-refractivity contribution in [2.24, 2.45) is 0 Å². The molecule has 2 amide bonds. The van der Waals surface area contributed by atoms with E-state index in [1.165, 1.54) is 0 Å². The second-order valence-corrected chi connectivity index (χ2v) is 5.20. The molecule has 5 heteroatoms. The maximum absolute atomic E-state index is 12.2. The molecule has 0 N–H and O–H groups in total. The normalized spacial score (nSPS) is 13.1. The molecule has 2 aromatic carbocycles. The lowest BCUT2D eigenvalue weighted by atomic mass is 10.1. The quantitative estimate of drug-likeness (QED) is 0.628. The van der Waals surface area contributed by atoms with Crippen LogP contribution in [0.25, 0.3) is 0 Å². The van der Waals surface area contributed by atoms with Crippen LogP contribution in [-0.2, 0) is 16.1 Å². The van der Waals surface area contributed by atoms with Crippen molar-refractivity contribution in [3.8, 4) is 0 Å². The summed E-state index contributed by atoms with van der Waals surface area (Å²) in [4.78, 5) is 37.2. The number of fused-ring (bicyclic) bond motifs is 1. The predicted octanol–water partition coefficient (Wildman–Crippen LogP) is 2.42. The first-order chi connectivity index (χ1) is 11.2. The van der Waals surface area contributed by atoms with Crippen molar-refractivity contribution in [2.75, 3.05) is 6.54 Å². The van der Waals surface area contributed by atoms with Crippen molar-refractivity contribution in [3.63, 3.8) is 0 Å². The lowest BCUT2D eigenvalue weighted by molar-refractivity contribution is -0.145. The molecule has 116 valence electrons. The van der Waals surface area contributed by atoms with Crippen molar-refractivity contribution in [2.45, 2.75) is 13.0 Å². The van der Waals surface area contributed by atoms with Crippen LogP contribution in [0, 0.1) is 0 Å². The maximum Gasteiger partial charge on any atom is 0.307 e. The Morgan fingerprint density at radius 1 is 0.870 bits per heavy atom. The molecular weight excluding hydrogens is 294 g/mol. The molecule has 0 spiro atoms. The monoisotopic (exact) mass is 309 g/mol. The molecule has 1 aliphatic heterocycles. The van der Waals surface area contributed by atoms with Gasteiger partial charge >= 0.3 is 5.97 Å². The number of amides is 2. The Balaban J connectivity index is 1.54. The van der Waals surface area contributed by atoms with Gasteiger partial charge in [-0.2, -0.15) is 0 Å². The highest BCUT2D eigenvalue weighted by atomic mass is 16.5. The Labute approximate surface area is 133 Å². The summed E-state index contributed by atoms with van der Waals surface area (Å²) in [5.74, 6) is -1.16. The van der Waals surface area contributed by atoms with Gasteiger partial charge in [0.2, 0.25) is 0 Å². The van der Waals surface area contributed by atoms with Crippen molar-refractivity contribution < 1.29 is 19.1 Å². The van der Waals surface area contributed by atoms with E-state index >= 15 is 0 Å². The van der Waals surface area contributed by atoms with E-state index in [1.54, 1.807) is 24.3 Å². The highest BCUT2D eigenvalue weighted by Crippen LogP contribution is 2.22. The van der Waals surface area contributed by atoms with Crippen molar-refractivity contribution in [1.82, 2.24) is 4.90 Å². The summed E-state index contributed by atoms with van der Waals surface area (Å²) < 4.78 is 5.15. The van der Waals surface area contributed by atoms with Crippen LogP contribution in [-0.4, -0.2) is 29.2 Å². The number of rotatable bonds is 5. The zero-order chi connectivity index (χ0) is 16.2. The van der Waals surface area contributed by atoms with Crippen LogP contribution in [0.1, 0.15) is 32.7 Å². The minimum atomic E-state index is -0.439. The molecule has 0 radical (unpaired) electrons. The number of ether oxygens (including phenoxy) is 1. The highest BCUT2D eigenvalue weighted by molar-refractivity contribution is 6.21. The Morgan fingerprint density at radius 2 is 1.43 bits per heavy atom. The van der Waals surface area contributed by atoms with Gasteiger partial charge in [0, 0.05) is 6.54 Å². The average Bonchev–Trinajstić information content (AvgIpc) is 2.83. The topological polar surface area (TPSA) is 63.7 Å². The van der Waals surface area contributed by atoms with E-state index in [2.05, 4.69) is 0 Å². The van der Waals surface area contributed by atoms with E-state index in [0.717, 1.165) is 10.5 Å². The maximum atomic E-state index is 12.2. The van der Waals surface area contributed by atoms with E-state index in [1.807, 2.05) is 30.3 Å². The van der Waals surface area contributed by atoms with E-state index in [4.69, 9.17) is 4.74 Å². The summed E-state index contributed by atoms with van der Waals surface area (Å²) in [5, 5.41) is 0. The number of nitrogens with zero attached hydrogens (tertiary/aromatic N) is 1. The smallest absolute Gasteiger partial charge is 0.307 e. The number of hydrogen-bond donors (Lipinski definition) is 0. The van der Waals surface area contributed by atoms with Gasteiger partial charge in [0.1, 0.15) is 6.61 Å². The SMILES string of the molecule is O=C(CCN1C(=O)c2ccccc2C1=O)OCc1ccccc1. The van der Waals surface area contributed by atoms with E-state index in [0.29, 0.717) is 11.1 Å². The molecule has 5 nitrogen and oxygen atoms in total. The van der Waals surface area contributed by atoms with Gasteiger partial charge < -0.3 is 4.74 Å². The molecular formula is C18H15NO4. The van der Waals surface area contributed by atoms with Crippen LogP contribution >= 0.6 is 0 Å². The van der Waals surface area contributed by atoms with Crippen molar-refractivity contribution in [3.05, 3.63) is 71.3 Å². The van der Waals surface area contributed by atoms with E-state index in [-0.39, 0.29) is 31.4 Å². The van der Waals surface area contributed by atoms with Crippen molar-refractivity contribution in [1.29, 1.82) is 0 Å². The average molecular weight is 309 g/mol. The highest BCUT2D eigenvalue weighted by Gasteiger charge is 2.35. The van der Waals surface area contributed by atoms with E-state index in [9.17, 15) is 14.4 Å². The first-order valence-corrected chi connectivity index (χ1v) is 7.31. The minimum Gasteiger partial charge on any atom is -0.461 e. The number of carbonyl (C=O) groups excluding carboxylic acids is 3. The summed E-state index contributed by atoms with van der Waals surface area (Å²) in [6.07, 6.45) is -0.0156. The standard InChI is InChI=1S/C18H15NO4/c20-16(23-12-13-6-2-1-3-7-13)10-11-19-17(21)14-8-4-5-9-15(14)18(19)22/h1-9H,10-12H2. The molecule has 0 unspecified atom stereocenters. The van der Waals surface area contributed by atoms with Crippen LogP contribution < -0.4 is 0 Å². The third-order valence-corrected chi connectivity index (χ3v) is 3.66. The molecule has 0 bridgehead atoms. The fourth-order valence-corrected chi connectivity index (χ4v) is 2.46. The van der Waals surface area contributed by atoms with Crippen LogP contribution in [0.4, 0.5) is 0 Å². The molecule has 0 saturated heterocycles. The fourth-order valence-electron chi connectivity index (χ4n) is 2.46. The number of esters is 1. The van der Waals surface area contributed by atoms with Gasteiger partial charge in [-0.3, -0.25) is 19.3 Å². The molecule has 1 heterocycles. The van der Waals surface area contributed by atoms with Gasteiger partial charge in [0.05, 0.1) is 17.5 Å². The number of imide groups is 1.